The summed E-state index contributed by atoms with van der Waals surface area (Å²) in [6.07, 6.45) is 2.51. The summed E-state index contributed by atoms with van der Waals surface area (Å²) in [5.41, 5.74) is 6.72. The lowest BCUT2D eigenvalue weighted by atomic mass is 10.0. The monoisotopic (exact) mass is 183 g/mol. The van der Waals surface area contributed by atoms with Crippen molar-refractivity contribution in [1.82, 2.24) is 10.2 Å². The largest absolute Gasteiger partial charge is 0.382 e. The average Bonchev–Trinajstić information content (AvgIpc) is 2.59. The molecule has 4 heteroatoms. The molecule has 1 aliphatic heterocycles. The van der Waals surface area contributed by atoms with Gasteiger partial charge in [-0.2, -0.15) is 5.10 Å². The topological polar surface area (TPSA) is 54.7 Å². The van der Waals surface area contributed by atoms with Crippen LogP contribution in [0.3, 0.4) is 0 Å². The van der Waals surface area contributed by atoms with Crippen molar-refractivity contribution in [2.75, 3.05) is 11.5 Å². The Balaban J connectivity index is 2.28. The maximum absolute atomic E-state index is 5.55. The highest BCUT2D eigenvalue weighted by atomic mass is 32.2. The van der Waals surface area contributed by atoms with Gasteiger partial charge in [0.2, 0.25) is 0 Å². The third-order valence-corrected chi connectivity index (χ3v) is 3.94. The number of aromatic nitrogens is 2. The van der Waals surface area contributed by atoms with Crippen LogP contribution in [0.4, 0.5) is 5.82 Å². The SMILES string of the molecule is CC1(c2cc(N)n[nH]2)CCCS1. The Labute approximate surface area is 76.1 Å². The van der Waals surface area contributed by atoms with Crippen LogP contribution in [-0.2, 0) is 4.75 Å². The molecule has 1 fully saturated rings. The number of rotatable bonds is 1. The molecule has 2 heterocycles. The Morgan fingerprint density at radius 3 is 3.08 bits per heavy atom. The highest BCUT2D eigenvalue weighted by Crippen LogP contribution is 2.45. The number of H-pyrrole nitrogens is 1. The zero-order valence-electron chi connectivity index (χ0n) is 7.13. The summed E-state index contributed by atoms with van der Waals surface area (Å²) in [6, 6.07) is 1.94. The molecule has 3 nitrogen and oxygen atoms in total. The molecular weight excluding hydrogens is 170 g/mol. The zero-order chi connectivity index (χ0) is 8.60. The maximum Gasteiger partial charge on any atom is 0.145 e. The summed E-state index contributed by atoms with van der Waals surface area (Å²) >= 11 is 1.98. The maximum atomic E-state index is 5.55. The second kappa shape index (κ2) is 2.69. The fraction of sp³-hybridized carbons (Fsp3) is 0.625. The third kappa shape index (κ3) is 1.20. The first-order valence-electron chi connectivity index (χ1n) is 4.16. The minimum absolute atomic E-state index is 0.227. The molecule has 0 aromatic carbocycles. The quantitative estimate of drug-likeness (QED) is 0.697. The number of hydrogen-bond acceptors (Lipinski definition) is 3. The molecule has 1 aromatic rings. The van der Waals surface area contributed by atoms with E-state index in [-0.39, 0.29) is 4.75 Å². The first-order chi connectivity index (χ1) is 5.71. The summed E-state index contributed by atoms with van der Waals surface area (Å²) in [4.78, 5) is 0. The van der Waals surface area contributed by atoms with Gasteiger partial charge in [-0.3, -0.25) is 5.10 Å². The number of nitrogens with zero attached hydrogens (tertiary/aromatic N) is 1. The number of aromatic amines is 1. The Morgan fingerprint density at radius 1 is 1.75 bits per heavy atom. The van der Waals surface area contributed by atoms with Crippen LogP contribution in [0.15, 0.2) is 6.07 Å². The Kier molecular flexibility index (Phi) is 1.79. The van der Waals surface area contributed by atoms with Crippen LogP contribution < -0.4 is 5.73 Å². The summed E-state index contributed by atoms with van der Waals surface area (Å²) in [5, 5.41) is 6.94. The summed E-state index contributed by atoms with van der Waals surface area (Å²) < 4.78 is 0.227. The lowest BCUT2D eigenvalue weighted by Crippen LogP contribution is -2.12. The minimum atomic E-state index is 0.227. The molecule has 0 saturated carbocycles. The fourth-order valence-electron chi connectivity index (χ4n) is 1.60. The molecule has 2 rings (SSSR count). The number of anilines is 1. The van der Waals surface area contributed by atoms with Gasteiger partial charge in [0.15, 0.2) is 0 Å². The summed E-state index contributed by atoms with van der Waals surface area (Å²) in [7, 11) is 0. The average molecular weight is 183 g/mol. The Morgan fingerprint density at radius 2 is 2.58 bits per heavy atom. The van der Waals surface area contributed by atoms with E-state index >= 15 is 0 Å². The van der Waals surface area contributed by atoms with Gasteiger partial charge in [-0.05, 0) is 25.5 Å². The highest BCUT2D eigenvalue weighted by Gasteiger charge is 2.32. The normalized spacial score (nSPS) is 29.4. The molecule has 1 aliphatic rings. The van der Waals surface area contributed by atoms with Crippen LogP contribution in [0.2, 0.25) is 0 Å². The van der Waals surface area contributed by atoms with E-state index in [2.05, 4.69) is 17.1 Å². The van der Waals surface area contributed by atoms with Crippen LogP contribution >= 0.6 is 11.8 Å². The van der Waals surface area contributed by atoms with Gasteiger partial charge >= 0.3 is 0 Å². The first kappa shape index (κ1) is 7.98. The number of thioether (sulfide) groups is 1. The summed E-state index contributed by atoms with van der Waals surface area (Å²) in [6.45, 7) is 2.25. The van der Waals surface area contributed by atoms with Crippen LogP contribution in [0, 0.1) is 0 Å². The van der Waals surface area contributed by atoms with Gasteiger partial charge in [-0.25, -0.2) is 0 Å². The molecular formula is C8H13N3S. The predicted octanol–water partition coefficient (Wildman–Crippen LogP) is 1.73. The lowest BCUT2D eigenvalue weighted by molar-refractivity contribution is 0.624. The van der Waals surface area contributed by atoms with Crippen LogP contribution in [0.25, 0.3) is 0 Å². The van der Waals surface area contributed by atoms with Gasteiger partial charge in [0.25, 0.3) is 0 Å². The van der Waals surface area contributed by atoms with E-state index in [1.165, 1.54) is 24.3 Å². The molecule has 0 radical (unpaired) electrons. The lowest BCUT2D eigenvalue weighted by Gasteiger charge is -2.19. The Hall–Kier alpha value is -0.640. The fourth-order valence-corrected chi connectivity index (χ4v) is 2.89. The van der Waals surface area contributed by atoms with Crippen molar-refractivity contribution in [3.05, 3.63) is 11.8 Å². The molecule has 0 amide bonds. The standard InChI is InChI=1S/C8H13N3S/c1-8(3-2-4-12-8)6-5-7(9)11-10-6/h5H,2-4H2,1H3,(H3,9,10,11). The molecule has 1 unspecified atom stereocenters. The van der Waals surface area contributed by atoms with Gasteiger partial charge in [0.1, 0.15) is 5.82 Å². The van der Waals surface area contributed by atoms with E-state index in [1.807, 2.05) is 17.8 Å². The van der Waals surface area contributed by atoms with Crippen molar-refractivity contribution >= 4 is 17.6 Å². The molecule has 0 spiro atoms. The molecule has 12 heavy (non-hydrogen) atoms. The third-order valence-electron chi connectivity index (χ3n) is 2.39. The van der Waals surface area contributed by atoms with Crippen molar-refractivity contribution in [2.45, 2.75) is 24.5 Å². The molecule has 66 valence electrons. The highest BCUT2D eigenvalue weighted by molar-refractivity contribution is 8.00. The summed E-state index contributed by atoms with van der Waals surface area (Å²) in [5.74, 6) is 1.84. The van der Waals surface area contributed by atoms with E-state index in [0.29, 0.717) is 5.82 Å². The number of nitrogens with one attached hydrogen (secondary N) is 1. The van der Waals surface area contributed by atoms with Crippen molar-refractivity contribution in [3.63, 3.8) is 0 Å². The molecule has 1 saturated heterocycles. The van der Waals surface area contributed by atoms with Crippen LogP contribution in [0.5, 0.6) is 0 Å². The van der Waals surface area contributed by atoms with Crippen LogP contribution in [0.1, 0.15) is 25.5 Å². The van der Waals surface area contributed by atoms with Gasteiger partial charge in [-0.15, -0.1) is 11.8 Å². The van der Waals surface area contributed by atoms with E-state index in [0.717, 1.165) is 0 Å². The van der Waals surface area contributed by atoms with E-state index in [4.69, 9.17) is 5.73 Å². The van der Waals surface area contributed by atoms with Gasteiger partial charge < -0.3 is 5.73 Å². The predicted molar refractivity (Wildman–Crippen MR) is 52.0 cm³/mol. The number of hydrogen-bond donors (Lipinski definition) is 2. The van der Waals surface area contributed by atoms with Crippen molar-refractivity contribution in [3.8, 4) is 0 Å². The number of nitrogens with two attached hydrogens (primary N) is 1. The Bertz CT molecular complexity index is 276. The van der Waals surface area contributed by atoms with E-state index in [9.17, 15) is 0 Å². The molecule has 1 aromatic heterocycles. The second-order valence-corrected chi connectivity index (χ2v) is 4.99. The molecule has 3 N–H and O–H groups in total. The van der Waals surface area contributed by atoms with Crippen molar-refractivity contribution < 1.29 is 0 Å². The smallest absolute Gasteiger partial charge is 0.145 e. The molecule has 1 atom stereocenters. The van der Waals surface area contributed by atoms with E-state index in [1.54, 1.807) is 0 Å². The second-order valence-electron chi connectivity index (χ2n) is 3.39. The molecule has 0 aliphatic carbocycles. The van der Waals surface area contributed by atoms with Gasteiger partial charge in [-0.1, -0.05) is 0 Å². The number of nitrogen functional groups attached to an aromatic ring is 1. The first-order valence-corrected chi connectivity index (χ1v) is 5.15. The van der Waals surface area contributed by atoms with Crippen molar-refractivity contribution in [2.24, 2.45) is 0 Å². The zero-order valence-corrected chi connectivity index (χ0v) is 7.95. The van der Waals surface area contributed by atoms with Crippen molar-refractivity contribution in [1.29, 1.82) is 0 Å². The van der Waals surface area contributed by atoms with Crippen LogP contribution in [-0.4, -0.2) is 16.0 Å². The van der Waals surface area contributed by atoms with Gasteiger partial charge in [0.05, 0.1) is 10.4 Å². The minimum Gasteiger partial charge on any atom is -0.382 e. The van der Waals surface area contributed by atoms with E-state index < -0.39 is 0 Å². The van der Waals surface area contributed by atoms with Gasteiger partial charge in [0, 0.05) is 6.07 Å². The molecule has 0 bridgehead atoms.